The Morgan fingerprint density at radius 1 is 1.09 bits per heavy atom. The first kappa shape index (κ1) is 31.9. The van der Waals surface area contributed by atoms with Gasteiger partial charge < -0.3 is 14.7 Å². The van der Waals surface area contributed by atoms with E-state index in [1.54, 1.807) is 18.2 Å². The number of carbonyl (C=O) groups is 1. The summed E-state index contributed by atoms with van der Waals surface area (Å²) in [6.45, 7) is 7.78. The van der Waals surface area contributed by atoms with Gasteiger partial charge in [-0.25, -0.2) is 13.1 Å². The summed E-state index contributed by atoms with van der Waals surface area (Å²) in [5.41, 5.74) is 3.31. The molecule has 0 saturated heterocycles. The molecule has 2 aromatic carbocycles. The van der Waals surface area contributed by atoms with Gasteiger partial charge in [0.25, 0.3) is 5.91 Å². The maximum atomic E-state index is 13.6. The molecule has 9 heteroatoms. The van der Waals surface area contributed by atoms with Crippen LogP contribution in [0.3, 0.4) is 0 Å². The smallest absolute Gasteiger partial charge is 0.264 e. The van der Waals surface area contributed by atoms with Gasteiger partial charge in [-0.1, -0.05) is 50.6 Å². The molecule has 0 spiro atoms. The Morgan fingerprint density at radius 3 is 2.65 bits per heavy atom. The van der Waals surface area contributed by atoms with Crippen molar-refractivity contribution >= 4 is 33.2 Å². The SMILES string of the molecule is CC(C)C[C@@H]1C[C@@H](C)/C=C/C(O)C2CCC2CN2CCCCc3cc(Cl)ccc3COc3ccc(cc32)C(=O)NS1(=O)=O. The lowest BCUT2D eigenvalue weighted by molar-refractivity contribution is 0.0459. The van der Waals surface area contributed by atoms with Crippen molar-refractivity contribution in [3.63, 3.8) is 0 Å². The number of aryl methyl sites for hydroxylation is 1. The van der Waals surface area contributed by atoms with Gasteiger partial charge >= 0.3 is 0 Å². The minimum Gasteiger partial charge on any atom is -0.487 e. The molecule has 5 atom stereocenters. The molecule has 2 aliphatic heterocycles. The van der Waals surface area contributed by atoms with Gasteiger partial charge in [0.15, 0.2) is 0 Å². The van der Waals surface area contributed by atoms with Crippen LogP contribution in [0.15, 0.2) is 48.6 Å². The molecule has 2 bridgehead atoms. The Balaban J connectivity index is 1.54. The number of nitrogens with one attached hydrogen (secondary N) is 1. The van der Waals surface area contributed by atoms with E-state index in [4.69, 9.17) is 16.3 Å². The molecule has 5 rings (SSSR count). The molecule has 3 aliphatic rings. The van der Waals surface area contributed by atoms with Crippen molar-refractivity contribution in [2.75, 3.05) is 18.0 Å². The molecule has 1 amide bonds. The summed E-state index contributed by atoms with van der Waals surface area (Å²) >= 11 is 6.32. The number of carbonyl (C=O) groups excluding carboxylic acids is 1. The molecule has 7 nitrogen and oxygen atoms in total. The highest BCUT2D eigenvalue weighted by molar-refractivity contribution is 7.90. The number of anilines is 1. The fourth-order valence-electron chi connectivity index (χ4n) is 6.72. The number of hydrogen-bond acceptors (Lipinski definition) is 6. The van der Waals surface area contributed by atoms with E-state index < -0.39 is 27.3 Å². The highest BCUT2D eigenvalue weighted by atomic mass is 35.5. The summed E-state index contributed by atoms with van der Waals surface area (Å²) in [5, 5.41) is 11.1. The zero-order valence-electron chi connectivity index (χ0n) is 25.5. The number of ether oxygens (including phenoxy) is 1. The van der Waals surface area contributed by atoms with Crippen LogP contribution in [-0.4, -0.2) is 43.9 Å². The van der Waals surface area contributed by atoms with Crippen molar-refractivity contribution in [2.45, 2.75) is 83.7 Å². The molecular formula is C34H45ClN2O5S. The fraction of sp³-hybridized carbons (Fsp3) is 0.559. The van der Waals surface area contributed by atoms with Gasteiger partial charge in [0.1, 0.15) is 12.4 Å². The number of fused-ring (bicyclic) bond motifs is 3. The predicted molar refractivity (Wildman–Crippen MR) is 172 cm³/mol. The number of rotatable bonds is 2. The monoisotopic (exact) mass is 628 g/mol. The number of sulfonamides is 1. The molecule has 1 saturated carbocycles. The maximum absolute atomic E-state index is 13.6. The number of halogens is 1. The van der Waals surface area contributed by atoms with E-state index in [1.165, 1.54) is 5.56 Å². The van der Waals surface area contributed by atoms with Crippen molar-refractivity contribution in [3.05, 3.63) is 70.3 Å². The van der Waals surface area contributed by atoms with Gasteiger partial charge in [-0.3, -0.25) is 4.79 Å². The van der Waals surface area contributed by atoms with E-state index in [-0.39, 0.29) is 23.3 Å². The first-order chi connectivity index (χ1) is 20.5. The zero-order chi connectivity index (χ0) is 30.7. The quantitative estimate of drug-likeness (QED) is 0.368. The Morgan fingerprint density at radius 2 is 1.91 bits per heavy atom. The highest BCUT2D eigenvalue weighted by Crippen LogP contribution is 2.41. The molecule has 0 radical (unpaired) electrons. The summed E-state index contributed by atoms with van der Waals surface area (Å²) in [5.74, 6) is 0.518. The minimum atomic E-state index is -3.95. The van der Waals surface area contributed by atoms with Crippen molar-refractivity contribution in [1.82, 2.24) is 4.72 Å². The van der Waals surface area contributed by atoms with E-state index in [0.717, 1.165) is 56.4 Å². The van der Waals surface area contributed by atoms with Gasteiger partial charge in [-0.05, 0) is 110 Å². The van der Waals surface area contributed by atoms with Crippen LogP contribution < -0.4 is 14.4 Å². The van der Waals surface area contributed by atoms with Crippen LogP contribution in [0.5, 0.6) is 5.75 Å². The van der Waals surface area contributed by atoms with Crippen molar-refractivity contribution < 1.29 is 23.1 Å². The predicted octanol–water partition coefficient (Wildman–Crippen LogP) is 6.52. The lowest BCUT2D eigenvalue weighted by Crippen LogP contribution is -2.43. The molecule has 43 heavy (non-hydrogen) atoms. The molecule has 1 fully saturated rings. The van der Waals surface area contributed by atoms with E-state index in [2.05, 4.69) is 9.62 Å². The number of hydrogen-bond donors (Lipinski definition) is 2. The number of aliphatic hydroxyl groups is 1. The molecular weight excluding hydrogens is 584 g/mol. The van der Waals surface area contributed by atoms with Gasteiger partial charge in [-0.15, -0.1) is 0 Å². The summed E-state index contributed by atoms with van der Waals surface area (Å²) in [7, 11) is -3.95. The average molecular weight is 629 g/mol. The topological polar surface area (TPSA) is 95.9 Å². The molecule has 2 N–H and O–H groups in total. The lowest BCUT2D eigenvalue weighted by Gasteiger charge is -2.42. The van der Waals surface area contributed by atoms with Gasteiger partial charge in [0.2, 0.25) is 10.0 Å². The Hall–Kier alpha value is -2.55. The number of allylic oxidation sites excluding steroid dienone is 1. The van der Waals surface area contributed by atoms with E-state index >= 15 is 0 Å². The number of benzene rings is 2. The summed E-state index contributed by atoms with van der Waals surface area (Å²) < 4.78 is 35.9. The molecule has 3 unspecified atom stereocenters. The lowest BCUT2D eigenvalue weighted by atomic mass is 9.70. The Labute approximate surface area is 261 Å². The average Bonchev–Trinajstić information content (AvgIpc) is 2.96. The molecule has 2 heterocycles. The maximum Gasteiger partial charge on any atom is 0.264 e. The van der Waals surface area contributed by atoms with Crippen molar-refractivity contribution in [1.29, 1.82) is 0 Å². The second-order valence-electron chi connectivity index (χ2n) is 13.1. The Bertz CT molecular complexity index is 1440. The molecule has 2 aromatic rings. The van der Waals surface area contributed by atoms with Crippen LogP contribution in [0, 0.1) is 23.7 Å². The van der Waals surface area contributed by atoms with Crippen molar-refractivity contribution in [3.8, 4) is 5.75 Å². The number of aliphatic hydroxyl groups excluding tert-OH is 1. The first-order valence-corrected chi connectivity index (χ1v) is 17.6. The largest absolute Gasteiger partial charge is 0.487 e. The third-order valence-electron chi connectivity index (χ3n) is 9.29. The molecule has 1 aliphatic carbocycles. The van der Waals surface area contributed by atoms with E-state index in [1.807, 2.05) is 51.1 Å². The second-order valence-corrected chi connectivity index (χ2v) is 15.5. The summed E-state index contributed by atoms with van der Waals surface area (Å²) in [4.78, 5) is 15.8. The van der Waals surface area contributed by atoms with Gasteiger partial charge in [0, 0.05) is 23.7 Å². The van der Waals surface area contributed by atoms with Crippen LogP contribution in [0.25, 0.3) is 0 Å². The number of nitrogens with zero attached hydrogens (tertiary/aromatic N) is 1. The summed E-state index contributed by atoms with van der Waals surface area (Å²) in [6, 6.07) is 11.1. The van der Waals surface area contributed by atoms with E-state index in [0.29, 0.717) is 36.1 Å². The highest BCUT2D eigenvalue weighted by Gasteiger charge is 2.37. The van der Waals surface area contributed by atoms with Crippen LogP contribution in [0.1, 0.15) is 80.8 Å². The van der Waals surface area contributed by atoms with Gasteiger partial charge in [-0.2, -0.15) is 0 Å². The minimum absolute atomic E-state index is 0.0653. The van der Waals surface area contributed by atoms with Crippen LogP contribution >= 0.6 is 11.6 Å². The van der Waals surface area contributed by atoms with Gasteiger partial charge in [0.05, 0.1) is 17.0 Å². The fourth-order valence-corrected chi connectivity index (χ4v) is 8.65. The standard InChI is InChI=1S/C34H45ClN2O5S/c1-22(2)16-29-17-23(3)7-13-32(38)30-12-9-26(30)20-37-15-5-4-6-24-18-28(35)11-8-27(24)21-42-33-14-10-25(19-31(33)37)34(39)36-43(29,40)41/h7-8,10-11,13-14,18-19,22-23,26,29-30,32,38H,4-6,9,12,15-17,20-21H2,1-3H3,(H,36,39)/b13-7+/t23-,26?,29+,30?,32?/m0/s1. The van der Waals surface area contributed by atoms with Crippen LogP contribution in [0.4, 0.5) is 5.69 Å². The second kappa shape index (κ2) is 13.6. The normalized spacial score (nSPS) is 28.7. The van der Waals surface area contributed by atoms with E-state index in [9.17, 15) is 18.3 Å². The Kier molecular flexibility index (Phi) is 10.1. The third-order valence-corrected chi connectivity index (χ3v) is 11.3. The van der Waals surface area contributed by atoms with Crippen molar-refractivity contribution in [2.24, 2.45) is 23.7 Å². The number of amides is 1. The van der Waals surface area contributed by atoms with Crippen LogP contribution in [0.2, 0.25) is 5.02 Å². The van der Waals surface area contributed by atoms with Crippen LogP contribution in [-0.2, 0) is 23.1 Å². The summed E-state index contributed by atoms with van der Waals surface area (Å²) in [6.07, 6.45) is 8.78. The molecule has 0 aromatic heterocycles. The molecule has 234 valence electrons. The zero-order valence-corrected chi connectivity index (χ0v) is 27.0. The third kappa shape index (κ3) is 7.76. The first-order valence-electron chi connectivity index (χ1n) is 15.7.